The summed E-state index contributed by atoms with van der Waals surface area (Å²) in [6, 6.07) is 5.25. The highest BCUT2D eigenvalue weighted by Gasteiger charge is 2.31. The topological polar surface area (TPSA) is 69.6 Å². The molecule has 0 radical (unpaired) electrons. The largest absolute Gasteiger partial charge is 0.480 e. The number of nitrogens with one attached hydrogen (secondary N) is 1. The SMILES string of the molecule is O=C(CN1CCCC1C(=O)O)c1ccc2c(c1)CCCN2. The molecule has 0 amide bonds. The van der Waals surface area contributed by atoms with Crippen molar-refractivity contribution >= 4 is 17.4 Å². The van der Waals surface area contributed by atoms with Crippen molar-refractivity contribution in [3.8, 4) is 0 Å². The van der Waals surface area contributed by atoms with Crippen molar-refractivity contribution in [2.45, 2.75) is 31.7 Å². The number of carbonyl (C=O) groups excluding carboxylic acids is 1. The highest BCUT2D eigenvalue weighted by molar-refractivity contribution is 5.98. The van der Waals surface area contributed by atoms with E-state index in [4.69, 9.17) is 5.11 Å². The van der Waals surface area contributed by atoms with Gasteiger partial charge in [0.1, 0.15) is 6.04 Å². The normalized spacial score (nSPS) is 21.6. The van der Waals surface area contributed by atoms with Gasteiger partial charge in [0.05, 0.1) is 6.54 Å². The standard InChI is InChI=1S/C16H20N2O3/c19-15(10-18-8-2-4-14(18)16(20)21)12-5-6-13-11(9-12)3-1-7-17-13/h5-6,9,14,17H,1-4,7-8,10H2,(H,20,21). The van der Waals surface area contributed by atoms with Gasteiger partial charge in [-0.15, -0.1) is 0 Å². The number of rotatable bonds is 4. The van der Waals surface area contributed by atoms with Crippen molar-refractivity contribution in [2.24, 2.45) is 0 Å². The molecule has 5 nitrogen and oxygen atoms in total. The van der Waals surface area contributed by atoms with Gasteiger partial charge in [0.25, 0.3) is 0 Å². The minimum Gasteiger partial charge on any atom is -0.480 e. The minimum atomic E-state index is -0.824. The van der Waals surface area contributed by atoms with Crippen molar-refractivity contribution in [1.29, 1.82) is 0 Å². The highest BCUT2D eigenvalue weighted by Crippen LogP contribution is 2.24. The Kier molecular flexibility index (Phi) is 3.92. The summed E-state index contributed by atoms with van der Waals surface area (Å²) in [5.41, 5.74) is 2.99. The summed E-state index contributed by atoms with van der Waals surface area (Å²) in [5.74, 6) is -0.813. The van der Waals surface area contributed by atoms with E-state index in [-0.39, 0.29) is 12.3 Å². The number of carbonyl (C=O) groups is 2. The zero-order chi connectivity index (χ0) is 14.8. The molecule has 1 aromatic carbocycles. The minimum absolute atomic E-state index is 0.0107. The van der Waals surface area contributed by atoms with Crippen molar-refractivity contribution in [2.75, 3.05) is 25.0 Å². The highest BCUT2D eigenvalue weighted by atomic mass is 16.4. The maximum absolute atomic E-state index is 12.4. The van der Waals surface area contributed by atoms with Crippen LogP contribution in [-0.2, 0) is 11.2 Å². The Labute approximate surface area is 123 Å². The van der Waals surface area contributed by atoms with Crippen LogP contribution in [0.1, 0.15) is 35.2 Å². The molecule has 21 heavy (non-hydrogen) atoms. The Hall–Kier alpha value is -1.88. The maximum atomic E-state index is 12.4. The van der Waals surface area contributed by atoms with Gasteiger partial charge in [-0.05, 0) is 56.0 Å². The zero-order valence-electron chi connectivity index (χ0n) is 12.0. The number of nitrogens with zero attached hydrogens (tertiary/aromatic N) is 1. The average Bonchev–Trinajstić information content (AvgIpc) is 2.95. The first-order valence-electron chi connectivity index (χ1n) is 7.52. The molecule has 0 aromatic heterocycles. The van der Waals surface area contributed by atoms with Crippen LogP contribution in [-0.4, -0.2) is 47.4 Å². The number of benzene rings is 1. The van der Waals surface area contributed by atoms with E-state index in [9.17, 15) is 9.59 Å². The monoisotopic (exact) mass is 288 g/mol. The number of aryl methyl sites for hydroxylation is 1. The third kappa shape index (κ3) is 2.93. The summed E-state index contributed by atoms with van der Waals surface area (Å²) in [7, 11) is 0. The molecular formula is C16H20N2O3. The second-order valence-electron chi connectivity index (χ2n) is 5.79. The van der Waals surface area contributed by atoms with Gasteiger partial charge in [0, 0.05) is 17.8 Å². The molecule has 0 spiro atoms. The van der Waals surface area contributed by atoms with Crippen molar-refractivity contribution < 1.29 is 14.7 Å². The Bertz CT molecular complexity index is 571. The summed E-state index contributed by atoms with van der Waals surface area (Å²) >= 11 is 0. The number of carboxylic acid groups (broad SMARTS) is 1. The van der Waals surface area contributed by atoms with E-state index in [0.717, 1.165) is 31.5 Å². The Morgan fingerprint density at radius 1 is 1.33 bits per heavy atom. The fraction of sp³-hybridized carbons (Fsp3) is 0.500. The third-order valence-corrected chi connectivity index (χ3v) is 4.36. The van der Waals surface area contributed by atoms with E-state index >= 15 is 0 Å². The first-order chi connectivity index (χ1) is 10.1. The van der Waals surface area contributed by atoms with E-state index < -0.39 is 12.0 Å². The van der Waals surface area contributed by atoms with Gasteiger partial charge in [-0.25, -0.2) is 0 Å². The molecule has 1 saturated heterocycles. The molecule has 2 aliphatic rings. The summed E-state index contributed by atoms with van der Waals surface area (Å²) in [4.78, 5) is 25.3. The molecule has 112 valence electrons. The Balaban J connectivity index is 1.72. The van der Waals surface area contributed by atoms with Gasteiger partial charge >= 0.3 is 5.97 Å². The van der Waals surface area contributed by atoms with Crippen LogP contribution in [0.25, 0.3) is 0 Å². The number of hydrogen-bond donors (Lipinski definition) is 2. The Morgan fingerprint density at radius 3 is 3.00 bits per heavy atom. The van der Waals surface area contributed by atoms with Gasteiger partial charge in [-0.1, -0.05) is 0 Å². The molecule has 2 aliphatic heterocycles. The summed E-state index contributed by atoms with van der Waals surface area (Å²) in [6.07, 6.45) is 3.55. The third-order valence-electron chi connectivity index (χ3n) is 4.36. The average molecular weight is 288 g/mol. The first-order valence-corrected chi connectivity index (χ1v) is 7.52. The molecular weight excluding hydrogens is 268 g/mol. The lowest BCUT2D eigenvalue weighted by Crippen LogP contribution is -2.39. The predicted molar refractivity (Wildman–Crippen MR) is 79.8 cm³/mol. The van der Waals surface area contributed by atoms with Crippen molar-refractivity contribution in [3.63, 3.8) is 0 Å². The number of likely N-dealkylation sites (tertiary alicyclic amines) is 1. The zero-order valence-corrected chi connectivity index (χ0v) is 12.0. The van der Waals surface area contributed by atoms with Gasteiger partial charge in [0.15, 0.2) is 5.78 Å². The van der Waals surface area contributed by atoms with Crippen LogP contribution in [0.5, 0.6) is 0 Å². The molecule has 1 atom stereocenters. The number of anilines is 1. The second kappa shape index (κ2) is 5.85. The number of ketones is 1. The molecule has 2 N–H and O–H groups in total. The van der Waals surface area contributed by atoms with Crippen LogP contribution in [0.2, 0.25) is 0 Å². The van der Waals surface area contributed by atoms with Gasteiger partial charge < -0.3 is 10.4 Å². The lowest BCUT2D eigenvalue weighted by molar-refractivity contribution is -0.141. The fourth-order valence-corrected chi connectivity index (χ4v) is 3.22. The van der Waals surface area contributed by atoms with Gasteiger partial charge in [0.2, 0.25) is 0 Å². The molecule has 0 aliphatic carbocycles. The lowest BCUT2D eigenvalue weighted by Gasteiger charge is -2.21. The molecule has 3 rings (SSSR count). The van der Waals surface area contributed by atoms with Crippen LogP contribution in [0.4, 0.5) is 5.69 Å². The quantitative estimate of drug-likeness (QED) is 0.826. The number of aliphatic carboxylic acids is 1. The fourth-order valence-electron chi connectivity index (χ4n) is 3.22. The van der Waals surface area contributed by atoms with Crippen LogP contribution in [0, 0.1) is 0 Å². The molecule has 1 aromatic rings. The second-order valence-corrected chi connectivity index (χ2v) is 5.79. The van der Waals surface area contributed by atoms with Crippen LogP contribution >= 0.6 is 0 Å². The summed E-state index contributed by atoms with van der Waals surface area (Å²) < 4.78 is 0. The number of carboxylic acids is 1. The van der Waals surface area contributed by atoms with Gasteiger partial charge in [-0.2, -0.15) is 0 Å². The summed E-state index contributed by atoms with van der Waals surface area (Å²) in [6.45, 7) is 1.87. The smallest absolute Gasteiger partial charge is 0.320 e. The van der Waals surface area contributed by atoms with E-state index in [0.29, 0.717) is 18.5 Å². The van der Waals surface area contributed by atoms with E-state index in [1.807, 2.05) is 18.2 Å². The lowest BCUT2D eigenvalue weighted by atomic mass is 9.99. The number of hydrogen-bond acceptors (Lipinski definition) is 4. The number of fused-ring (bicyclic) bond motifs is 1. The predicted octanol–water partition coefficient (Wildman–Crippen LogP) is 1.78. The first kappa shape index (κ1) is 14.1. The Morgan fingerprint density at radius 2 is 2.19 bits per heavy atom. The van der Waals surface area contributed by atoms with Gasteiger partial charge in [-0.3, -0.25) is 14.5 Å². The van der Waals surface area contributed by atoms with Crippen molar-refractivity contribution in [3.05, 3.63) is 29.3 Å². The molecule has 2 heterocycles. The van der Waals surface area contributed by atoms with E-state index in [2.05, 4.69) is 5.32 Å². The number of Topliss-reactive ketones (excluding diaryl/α,β-unsaturated/α-hetero) is 1. The molecule has 0 bridgehead atoms. The summed E-state index contributed by atoms with van der Waals surface area (Å²) in [5, 5.41) is 12.5. The molecule has 1 unspecified atom stereocenters. The van der Waals surface area contributed by atoms with E-state index in [1.54, 1.807) is 4.90 Å². The molecule has 5 heteroatoms. The van der Waals surface area contributed by atoms with Crippen LogP contribution in [0.3, 0.4) is 0 Å². The molecule has 0 saturated carbocycles. The van der Waals surface area contributed by atoms with Crippen LogP contribution < -0.4 is 5.32 Å². The van der Waals surface area contributed by atoms with E-state index in [1.165, 1.54) is 5.56 Å². The molecule has 1 fully saturated rings. The maximum Gasteiger partial charge on any atom is 0.320 e. The van der Waals surface area contributed by atoms with Crippen LogP contribution in [0.15, 0.2) is 18.2 Å². The van der Waals surface area contributed by atoms with Crippen molar-refractivity contribution in [1.82, 2.24) is 4.90 Å².